The van der Waals surface area contributed by atoms with Crippen molar-refractivity contribution < 1.29 is 0 Å². The van der Waals surface area contributed by atoms with Crippen LogP contribution in [0.5, 0.6) is 0 Å². The van der Waals surface area contributed by atoms with E-state index in [-0.39, 0.29) is 21.7 Å². The van der Waals surface area contributed by atoms with Gasteiger partial charge in [0.05, 0.1) is 22.1 Å². The lowest BCUT2D eigenvalue weighted by atomic mass is 9.84. The topological polar surface area (TPSA) is 115 Å². The molecule has 8 aromatic rings. The minimum Gasteiger partial charge on any atom is -0.282 e. The van der Waals surface area contributed by atoms with E-state index >= 15 is 0 Å². The maximum absolute atomic E-state index is 4.36. The van der Waals surface area contributed by atoms with Gasteiger partial charge in [-0.05, 0) is 95.9 Å². The van der Waals surface area contributed by atoms with E-state index in [1.807, 2.05) is 13.0 Å². The SMILES string of the molecule is Cc1[nH]nc2c(C(C)(C)C)cccc12.Cc1[nH]nc2cc(C(C)(C)C)ccc12.Cc1[nH]nc2ccc(C(C)(C)C)cc12.Cc1[nH]nc2cccc(C(C)(C)C)c12. The molecule has 4 aromatic carbocycles. The average Bonchev–Trinajstić information content (AvgIpc) is 3.90. The van der Waals surface area contributed by atoms with Gasteiger partial charge < -0.3 is 0 Å². The van der Waals surface area contributed by atoms with Crippen LogP contribution in [0.2, 0.25) is 0 Å². The predicted molar refractivity (Wildman–Crippen MR) is 238 cm³/mol. The summed E-state index contributed by atoms with van der Waals surface area (Å²) in [5, 5.41) is 34.2. The summed E-state index contributed by atoms with van der Waals surface area (Å²) < 4.78 is 0. The first-order chi connectivity index (χ1) is 26.0. The standard InChI is InChI=1S/4C12H16N2/c1-8-10-7-9(12(2,3)4)5-6-11(10)14-13-8;1-8-10-6-5-9(12(2,3)4)7-11(10)14-13-8;1-8-11-9(12(2,3)4)6-5-7-10(11)14-13-8;1-8-9-6-5-7-10(12(2,3)4)11(9)14-13-8/h4*5-7H,1-4H3,(H,13,14). The molecule has 4 aromatic heterocycles. The maximum Gasteiger partial charge on any atom is 0.0960 e. The Labute approximate surface area is 333 Å². The molecule has 4 N–H and O–H groups in total. The zero-order chi connectivity index (χ0) is 41.4. The van der Waals surface area contributed by atoms with E-state index < -0.39 is 0 Å². The lowest BCUT2D eigenvalue weighted by Gasteiger charge is -2.20. The third kappa shape index (κ3) is 9.40. The number of hydrogen-bond donors (Lipinski definition) is 4. The van der Waals surface area contributed by atoms with Crippen molar-refractivity contribution in [1.82, 2.24) is 40.8 Å². The molecule has 0 saturated carbocycles. The highest BCUT2D eigenvalue weighted by Gasteiger charge is 2.20. The summed E-state index contributed by atoms with van der Waals surface area (Å²) in [6.45, 7) is 34.9. The maximum atomic E-state index is 4.36. The lowest BCUT2D eigenvalue weighted by molar-refractivity contribution is 0.591. The van der Waals surface area contributed by atoms with Crippen molar-refractivity contribution in [1.29, 1.82) is 0 Å². The number of nitrogens with zero attached hydrogens (tertiary/aromatic N) is 4. The molecule has 0 aliphatic heterocycles. The van der Waals surface area contributed by atoms with E-state index in [9.17, 15) is 0 Å². The summed E-state index contributed by atoms with van der Waals surface area (Å²) in [4.78, 5) is 0. The molecule has 0 aliphatic carbocycles. The van der Waals surface area contributed by atoms with Crippen LogP contribution in [0, 0.1) is 27.7 Å². The Morgan fingerprint density at radius 2 is 0.857 bits per heavy atom. The molecule has 0 saturated heterocycles. The quantitative estimate of drug-likeness (QED) is 0.123. The highest BCUT2D eigenvalue weighted by Crippen LogP contribution is 2.32. The molecule has 0 unspecified atom stereocenters. The van der Waals surface area contributed by atoms with Gasteiger partial charge in [0.25, 0.3) is 0 Å². The molecule has 0 radical (unpaired) electrons. The third-order valence-corrected chi connectivity index (χ3v) is 10.4. The van der Waals surface area contributed by atoms with Gasteiger partial charge in [-0.25, -0.2) is 0 Å². The van der Waals surface area contributed by atoms with E-state index in [1.165, 1.54) is 43.8 Å². The zero-order valence-corrected chi connectivity index (χ0v) is 36.7. The highest BCUT2D eigenvalue weighted by molar-refractivity contribution is 5.86. The fraction of sp³-hybridized carbons (Fsp3) is 0.417. The van der Waals surface area contributed by atoms with Crippen LogP contribution in [-0.4, -0.2) is 40.8 Å². The molecule has 0 bridgehead atoms. The Hall–Kier alpha value is -5.24. The number of rotatable bonds is 0. The minimum absolute atomic E-state index is 0.154. The van der Waals surface area contributed by atoms with Crippen LogP contribution in [0.4, 0.5) is 0 Å². The number of para-hydroxylation sites is 1. The number of hydrogen-bond acceptors (Lipinski definition) is 4. The second-order valence-corrected chi connectivity index (χ2v) is 19.3. The largest absolute Gasteiger partial charge is 0.282 e. The number of aryl methyl sites for hydroxylation is 4. The van der Waals surface area contributed by atoms with Crippen LogP contribution >= 0.6 is 0 Å². The molecule has 8 rings (SSSR count). The molecule has 0 aliphatic rings. The first-order valence-corrected chi connectivity index (χ1v) is 19.8. The van der Waals surface area contributed by atoms with E-state index in [4.69, 9.17) is 0 Å². The summed E-state index contributed by atoms with van der Waals surface area (Å²) in [7, 11) is 0. The molecular weight excluding hydrogens is 689 g/mol. The van der Waals surface area contributed by atoms with Gasteiger partial charge in [-0.15, -0.1) is 0 Å². The van der Waals surface area contributed by atoms with Gasteiger partial charge in [-0.1, -0.05) is 132 Å². The predicted octanol–water partition coefficient (Wildman–Crippen LogP) is 12.7. The van der Waals surface area contributed by atoms with Gasteiger partial charge >= 0.3 is 0 Å². The summed E-state index contributed by atoms with van der Waals surface area (Å²) >= 11 is 0. The average molecular weight is 753 g/mol. The number of fused-ring (bicyclic) bond motifs is 4. The van der Waals surface area contributed by atoms with Crippen molar-refractivity contribution in [2.24, 2.45) is 0 Å². The summed E-state index contributed by atoms with van der Waals surface area (Å²) in [5.41, 5.74) is 15.0. The van der Waals surface area contributed by atoms with E-state index in [0.29, 0.717) is 0 Å². The Morgan fingerprint density at radius 3 is 1.48 bits per heavy atom. The Kier molecular flexibility index (Phi) is 11.8. The molecule has 0 amide bonds. The van der Waals surface area contributed by atoms with Crippen molar-refractivity contribution in [3.05, 3.63) is 118 Å². The van der Waals surface area contributed by atoms with Crippen LogP contribution in [0.25, 0.3) is 43.6 Å². The fourth-order valence-electron chi connectivity index (χ4n) is 6.84. The summed E-state index contributed by atoms with van der Waals surface area (Å²) in [5.74, 6) is 0. The molecule has 0 spiro atoms. The molecule has 8 nitrogen and oxygen atoms in total. The van der Waals surface area contributed by atoms with Crippen LogP contribution in [0.1, 0.15) is 128 Å². The fourth-order valence-corrected chi connectivity index (χ4v) is 6.84. The zero-order valence-electron chi connectivity index (χ0n) is 36.7. The van der Waals surface area contributed by atoms with Crippen LogP contribution < -0.4 is 0 Å². The number of aromatic amines is 4. The summed E-state index contributed by atoms with van der Waals surface area (Å²) in [6, 6.07) is 25.6. The van der Waals surface area contributed by atoms with Crippen molar-refractivity contribution >= 4 is 43.6 Å². The monoisotopic (exact) mass is 753 g/mol. The van der Waals surface area contributed by atoms with Gasteiger partial charge in [-0.2, -0.15) is 20.4 Å². The van der Waals surface area contributed by atoms with Crippen molar-refractivity contribution in [3.8, 4) is 0 Å². The number of aromatic nitrogens is 8. The molecule has 0 atom stereocenters. The minimum atomic E-state index is 0.154. The van der Waals surface area contributed by atoms with Gasteiger partial charge in [0.15, 0.2) is 0 Å². The molecule has 0 fully saturated rings. The van der Waals surface area contributed by atoms with Crippen LogP contribution in [-0.2, 0) is 21.7 Å². The third-order valence-electron chi connectivity index (χ3n) is 10.4. The lowest BCUT2D eigenvalue weighted by Crippen LogP contribution is -2.11. The number of H-pyrrole nitrogens is 4. The molecule has 8 heteroatoms. The van der Waals surface area contributed by atoms with E-state index in [0.717, 1.165) is 44.8 Å². The van der Waals surface area contributed by atoms with Crippen LogP contribution in [0.3, 0.4) is 0 Å². The van der Waals surface area contributed by atoms with Gasteiger partial charge in [-0.3, -0.25) is 20.4 Å². The Bertz CT molecular complexity index is 2560. The second kappa shape index (κ2) is 15.7. The normalized spacial score (nSPS) is 12.3. The van der Waals surface area contributed by atoms with Gasteiger partial charge in [0.2, 0.25) is 0 Å². The Balaban J connectivity index is 0.000000143. The van der Waals surface area contributed by atoms with Crippen molar-refractivity contribution in [3.63, 3.8) is 0 Å². The highest BCUT2D eigenvalue weighted by atomic mass is 15.1. The first kappa shape index (κ1) is 41.9. The Morgan fingerprint density at radius 1 is 0.375 bits per heavy atom. The molecule has 56 heavy (non-hydrogen) atoms. The second-order valence-electron chi connectivity index (χ2n) is 19.3. The molecular formula is C48H64N8. The van der Waals surface area contributed by atoms with E-state index in [2.05, 4.69) is 211 Å². The smallest absolute Gasteiger partial charge is 0.0960 e. The van der Waals surface area contributed by atoms with Crippen LogP contribution in [0.15, 0.2) is 72.8 Å². The summed E-state index contributed by atoms with van der Waals surface area (Å²) in [6.07, 6.45) is 0. The molecule has 296 valence electrons. The van der Waals surface area contributed by atoms with Crippen molar-refractivity contribution in [2.45, 2.75) is 132 Å². The van der Waals surface area contributed by atoms with Gasteiger partial charge in [0, 0.05) is 44.3 Å². The van der Waals surface area contributed by atoms with Gasteiger partial charge in [0.1, 0.15) is 0 Å². The molecule has 4 heterocycles. The number of benzene rings is 4. The van der Waals surface area contributed by atoms with E-state index in [1.54, 1.807) is 0 Å². The van der Waals surface area contributed by atoms with Crippen molar-refractivity contribution in [2.75, 3.05) is 0 Å². The number of nitrogens with one attached hydrogen (secondary N) is 4. The first-order valence-electron chi connectivity index (χ1n) is 19.8.